The average molecular weight is 316 g/mol. The van der Waals surface area contributed by atoms with Gasteiger partial charge in [-0.15, -0.1) is 11.3 Å². The first-order valence-corrected chi connectivity index (χ1v) is 8.42. The molecule has 0 fully saturated rings. The highest BCUT2D eigenvalue weighted by Crippen LogP contribution is 2.30. The number of hydrogen-bond acceptors (Lipinski definition) is 2. The van der Waals surface area contributed by atoms with Gasteiger partial charge in [0.15, 0.2) is 0 Å². The van der Waals surface area contributed by atoms with Crippen molar-refractivity contribution in [2.45, 2.75) is 19.4 Å². The van der Waals surface area contributed by atoms with Gasteiger partial charge in [0.2, 0.25) is 0 Å². The number of likely N-dealkylation sites (N-methyl/N-ethyl adjacent to an activating group) is 1. The van der Waals surface area contributed by atoms with Gasteiger partial charge < -0.3 is 5.32 Å². The maximum atomic E-state index is 6.06. The van der Waals surface area contributed by atoms with Crippen LogP contribution in [0.25, 0.3) is 10.8 Å². The second-order valence-corrected chi connectivity index (χ2v) is 6.89. The Morgan fingerprint density at radius 3 is 2.62 bits per heavy atom. The topological polar surface area (TPSA) is 12.0 Å². The minimum absolute atomic E-state index is 0.316. The number of rotatable bonds is 5. The summed E-state index contributed by atoms with van der Waals surface area (Å²) in [5, 5.41) is 6.23. The first kappa shape index (κ1) is 14.6. The molecule has 3 heteroatoms. The van der Waals surface area contributed by atoms with Gasteiger partial charge in [-0.1, -0.05) is 61.0 Å². The molecule has 21 heavy (non-hydrogen) atoms. The molecular weight excluding hydrogens is 298 g/mol. The molecule has 3 aromatic rings. The molecule has 0 bridgehead atoms. The summed E-state index contributed by atoms with van der Waals surface area (Å²) < 4.78 is 0.859. The Kier molecular flexibility index (Phi) is 4.59. The van der Waals surface area contributed by atoms with Crippen molar-refractivity contribution in [3.8, 4) is 0 Å². The van der Waals surface area contributed by atoms with Crippen molar-refractivity contribution in [3.63, 3.8) is 0 Å². The van der Waals surface area contributed by atoms with E-state index in [0.29, 0.717) is 6.04 Å². The normalized spacial score (nSPS) is 12.7. The average Bonchev–Trinajstić information content (AvgIpc) is 2.91. The molecule has 1 N–H and O–H groups in total. The van der Waals surface area contributed by atoms with Gasteiger partial charge in [0.25, 0.3) is 0 Å². The van der Waals surface area contributed by atoms with Crippen LogP contribution in [0, 0.1) is 0 Å². The van der Waals surface area contributed by atoms with Crippen LogP contribution in [0.4, 0.5) is 0 Å². The van der Waals surface area contributed by atoms with Gasteiger partial charge in [-0.3, -0.25) is 0 Å². The van der Waals surface area contributed by atoms with E-state index in [0.717, 1.165) is 17.3 Å². The van der Waals surface area contributed by atoms with Crippen molar-refractivity contribution in [2.75, 3.05) is 6.54 Å². The van der Waals surface area contributed by atoms with Crippen LogP contribution in [0.1, 0.15) is 23.4 Å². The van der Waals surface area contributed by atoms with Crippen molar-refractivity contribution < 1.29 is 0 Å². The van der Waals surface area contributed by atoms with E-state index >= 15 is 0 Å². The maximum Gasteiger partial charge on any atom is 0.0931 e. The lowest BCUT2D eigenvalue weighted by Crippen LogP contribution is -2.22. The molecule has 1 nitrogen and oxygen atoms in total. The van der Waals surface area contributed by atoms with Crippen LogP contribution in [0.15, 0.2) is 54.6 Å². The zero-order chi connectivity index (χ0) is 14.7. The van der Waals surface area contributed by atoms with E-state index in [-0.39, 0.29) is 0 Å². The lowest BCUT2D eigenvalue weighted by Gasteiger charge is -2.19. The van der Waals surface area contributed by atoms with Crippen LogP contribution in [0.3, 0.4) is 0 Å². The fourth-order valence-corrected chi connectivity index (χ4v) is 3.89. The van der Waals surface area contributed by atoms with Crippen LogP contribution < -0.4 is 5.32 Å². The third kappa shape index (κ3) is 3.29. The summed E-state index contributed by atoms with van der Waals surface area (Å²) >= 11 is 7.73. The lowest BCUT2D eigenvalue weighted by atomic mass is 9.96. The minimum Gasteiger partial charge on any atom is -0.310 e. The Hall–Kier alpha value is -1.35. The SMILES string of the molecule is CCNC(Cc1ccc(Cl)s1)c1cccc2ccccc12. The largest absolute Gasteiger partial charge is 0.310 e. The van der Waals surface area contributed by atoms with Crippen LogP contribution in [-0.4, -0.2) is 6.54 Å². The summed E-state index contributed by atoms with van der Waals surface area (Å²) in [7, 11) is 0. The summed E-state index contributed by atoms with van der Waals surface area (Å²) in [5.74, 6) is 0. The Morgan fingerprint density at radius 2 is 1.86 bits per heavy atom. The van der Waals surface area contributed by atoms with Crippen molar-refractivity contribution in [1.29, 1.82) is 0 Å². The Morgan fingerprint density at radius 1 is 1.05 bits per heavy atom. The summed E-state index contributed by atoms with van der Waals surface area (Å²) in [6.07, 6.45) is 0.971. The second kappa shape index (κ2) is 6.61. The van der Waals surface area contributed by atoms with E-state index in [1.54, 1.807) is 11.3 Å². The number of fused-ring (bicyclic) bond motifs is 1. The standard InChI is InChI=1S/C18H18ClNS/c1-2-20-17(12-14-10-11-18(19)21-14)16-9-5-7-13-6-3-4-8-15(13)16/h3-11,17,20H,2,12H2,1H3. The Bertz CT molecular complexity index is 729. The molecule has 0 radical (unpaired) electrons. The minimum atomic E-state index is 0.316. The van der Waals surface area contributed by atoms with E-state index in [1.807, 2.05) is 6.07 Å². The number of halogens is 1. The molecule has 0 spiro atoms. The van der Waals surface area contributed by atoms with E-state index in [1.165, 1.54) is 21.2 Å². The predicted octanol–water partition coefficient (Wildman–Crippen LogP) is 5.45. The van der Waals surface area contributed by atoms with Crippen LogP contribution >= 0.6 is 22.9 Å². The summed E-state index contributed by atoms with van der Waals surface area (Å²) in [5.41, 5.74) is 1.36. The van der Waals surface area contributed by atoms with Crippen molar-refractivity contribution in [1.82, 2.24) is 5.32 Å². The zero-order valence-corrected chi connectivity index (χ0v) is 13.5. The van der Waals surface area contributed by atoms with Crippen molar-refractivity contribution in [2.24, 2.45) is 0 Å². The van der Waals surface area contributed by atoms with E-state index < -0.39 is 0 Å². The molecule has 1 aromatic heterocycles. The van der Waals surface area contributed by atoms with Crippen LogP contribution in [0.2, 0.25) is 4.34 Å². The molecule has 2 aromatic carbocycles. The highest BCUT2D eigenvalue weighted by atomic mass is 35.5. The van der Waals surface area contributed by atoms with Crippen molar-refractivity contribution >= 4 is 33.7 Å². The van der Waals surface area contributed by atoms with Crippen LogP contribution in [0.5, 0.6) is 0 Å². The highest BCUT2D eigenvalue weighted by molar-refractivity contribution is 7.16. The number of thiophene rings is 1. The van der Waals surface area contributed by atoms with Gasteiger partial charge in [-0.2, -0.15) is 0 Å². The molecule has 0 amide bonds. The van der Waals surface area contributed by atoms with Gasteiger partial charge in [-0.25, -0.2) is 0 Å². The first-order chi connectivity index (χ1) is 10.3. The molecule has 0 saturated heterocycles. The summed E-state index contributed by atoms with van der Waals surface area (Å²) in [6, 6.07) is 19.5. The smallest absolute Gasteiger partial charge is 0.0931 e. The quantitative estimate of drug-likeness (QED) is 0.660. The Labute approximate surface area is 134 Å². The number of benzene rings is 2. The lowest BCUT2D eigenvalue weighted by molar-refractivity contribution is 0.557. The molecule has 0 saturated carbocycles. The summed E-state index contributed by atoms with van der Waals surface area (Å²) in [6.45, 7) is 3.10. The molecule has 1 heterocycles. The number of hydrogen-bond donors (Lipinski definition) is 1. The number of nitrogens with one attached hydrogen (secondary N) is 1. The van der Waals surface area contributed by atoms with E-state index in [2.05, 4.69) is 60.8 Å². The molecule has 0 aliphatic carbocycles. The van der Waals surface area contributed by atoms with Gasteiger partial charge in [-0.05, 0) is 35.0 Å². The monoisotopic (exact) mass is 315 g/mol. The van der Waals surface area contributed by atoms with E-state index in [4.69, 9.17) is 11.6 Å². The van der Waals surface area contributed by atoms with Gasteiger partial charge in [0.05, 0.1) is 4.34 Å². The molecule has 3 rings (SSSR count). The fraction of sp³-hybridized carbons (Fsp3) is 0.222. The second-order valence-electron chi connectivity index (χ2n) is 5.09. The molecule has 1 unspecified atom stereocenters. The molecule has 0 aliphatic rings. The molecule has 1 atom stereocenters. The first-order valence-electron chi connectivity index (χ1n) is 7.23. The third-order valence-electron chi connectivity index (χ3n) is 3.68. The molecular formula is C18H18ClNS. The van der Waals surface area contributed by atoms with Gasteiger partial charge in [0, 0.05) is 17.3 Å². The van der Waals surface area contributed by atoms with Gasteiger partial charge in [0.1, 0.15) is 0 Å². The zero-order valence-electron chi connectivity index (χ0n) is 12.0. The van der Waals surface area contributed by atoms with Crippen molar-refractivity contribution in [3.05, 3.63) is 69.4 Å². The fourth-order valence-electron chi connectivity index (χ4n) is 2.76. The van der Waals surface area contributed by atoms with Crippen LogP contribution in [-0.2, 0) is 6.42 Å². The summed E-state index contributed by atoms with van der Waals surface area (Å²) in [4.78, 5) is 1.32. The van der Waals surface area contributed by atoms with E-state index in [9.17, 15) is 0 Å². The maximum absolute atomic E-state index is 6.06. The predicted molar refractivity (Wildman–Crippen MR) is 93.4 cm³/mol. The molecule has 0 aliphatic heterocycles. The molecule has 108 valence electrons. The van der Waals surface area contributed by atoms with Gasteiger partial charge >= 0.3 is 0 Å². The highest BCUT2D eigenvalue weighted by Gasteiger charge is 2.15. The Balaban J connectivity index is 1.98. The third-order valence-corrected chi connectivity index (χ3v) is 4.94.